The predicted octanol–water partition coefficient (Wildman–Crippen LogP) is 0.348. The van der Waals surface area contributed by atoms with Gasteiger partial charge in [-0.05, 0) is 19.1 Å². The number of primary sulfonamides is 1. The highest BCUT2D eigenvalue weighted by Gasteiger charge is 2.12. The first kappa shape index (κ1) is 9.02. The Hall–Kier alpha value is -1.07. The smallest absolute Gasteiger partial charge is 0.238 e. The average molecular weight is 187 g/mol. The third-order valence-electron chi connectivity index (χ3n) is 1.56. The molecule has 1 aromatic carbocycles. The van der Waals surface area contributed by atoms with Crippen molar-refractivity contribution >= 4 is 10.0 Å². The molecule has 0 heterocycles. The van der Waals surface area contributed by atoms with Crippen LogP contribution in [-0.2, 0) is 10.0 Å². The normalized spacial score (nSPS) is 11.5. The molecule has 66 valence electrons. The van der Waals surface area contributed by atoms with Gasteiger partial charge in [-0.1, -0.05) is 6.07 Å². The molecule has 0 aromatic heterocycles. The third-order valence-corrected chi connectivity index (χ3v) is 2.62. The van der Waals surface area contributed by atoms with Gasteiger partial charge in [-0.25, -0.2) is 13.6 Å². The molecule has 1 aromatic rings. The maximum Gasteiger partial charge on any atom is 0.238 e. The Morgan fingerprint density at radius 3 is 2.42 bits per heavy atom. The van der Waals surface area contributed by atoms with Gasteiger partial charge in [0.1, 0.15) is 5.75 Å². The number of rotatable bonds is 1. The summed E-state index contributed by atoms with van der Waals surface area (Å²) in [5, 5.41) is 14.0. The van der Waals surface area contributed by atoms with Crippen molar-refractivity contribution in [2.75, 3.05) is 0 Å². The van der Waals surface area contributed by atoms with E-state index in [0.717, 1.165) is 0 Å². The molecule has 0 saturated heterocycles. The van der Waals surface area contributed by atoms with Gasteiger partial charge >= 0.3 is 0 Å². The van der Waals surface area contributed by atoms with Gasteiger partial charge in [0.05, 0.1) is 4.90 Å². The second-order valence-corrected chi connectivity index (χ2v) is 3.98. The first-order chi connectivity index (χ1) is 5.43. The Morgan fingerprint density at radius 2 is 2.00 bits per heavy atom. The fourth-order valence-corrected chi connectivity index (χ4v) is 1.71. The SMILES string of the molecule is Cc1c(O)cccc1S(N)(=O)=O. The lowest BCUT2D eigenvalue weighted by molar-refractivity contribution is 0.468. The Bertz CT molecular complexity index is 397. The van der Waals surface area contributed by atoms with Crippen LogP contribution < -0.4 is 5.14 Å². The second-order valence-electron chi connectivity index (χ2n) is 2.45. The molecule has 0 bridgehead atoms. The lowest BCUT2D eigenvalue weighted by atomic mass is 10.2. The Kier molecular flexibility index (Phi) is 2.08. The van der Waals surface area contributed by atoms with E-state index in [9.17, 15) is 8.42 Å². The van der Waals surface area contributed by atoms with Crippen LogP contribution in [0.4, 0.5) is 0 Å². The maximum absolute atomic E-state index is 10.9. The molecule has 3 N–H and O–H groups in total. The van der Waals surface area contributed by atoms with Crippen LogP contribution in [0.2, 0.25) is 0 Å². The summed E-state index contributed by atoms with van der Waals surface area (Å²) >= 11 is 0. The van der Waals surface area contributed by atoms with Gasteiger partial charge in [0.2, 0.25) is 10.0 Å². The summed E-state index contributed by atoms with van der Waals surface area (Å²) in [6, 6.07) is 4.19. The van der Waals surface area contributed by atoms with Gasteiger partial charge < -0.3 is 5.11 Å². The van der Waals surface area contributed by atoms with E-state index in [1.807, 2.05) is 0 Å². The summed E-state index contributed by atoms with van der Waals surface area (Å²) in [5.41, 5.74) is 0.278. The topological polar surface area (TPSA) is 80.4 Å². The molecule has 1 rings (SSSR count). The molecular formula is C7H9NO3S. The van der Waals surface area contributed by atoms with Gasteiger partial charge in [0, 0.05) is 5.56 Å². The van der Waals surface area contributed by atoms with Crippen molar-refractivity contribution in [3.05, 3.63) is 23.8 Å². The van der Waals surface area contributed by atoms with Crippen LogP contribution in [0.3, 0.4) is 0 Å². The van der Waals surface area contributed by atoms with Crippen molar-refractivity contribution in [1.29, 1.82) is 0 Å². The number of benzene rings is 1. The number of hydrogen-bond donors (Lipinski definition) is 2. The van der Waals surface area contributed by atoms with Crippen LogP contribution in [0.15, 0.2) is 23.1 Å². The molecule has 0 unspecified atom stereocenters. The highest BCUT2D eigenvalue weighted by Crippen LogP contribution is 2.21. The first-order valence-corrected chi connectivity index (χ1v) is 4.79. The quantitative estimate of drug-likeness (QED) is 0.665. The van der Waals surface area contributed by atoms with E-state index in [1.165, 1.54) is 25.1 Å². The summed E-state index contributed by atoms with van der Waals surface area (Å²) in [4.78, 5) is -0.0394. The van der Waals surface area contributed by atoms with Crippen LogP contribution in [0.5, 0.6) is 5.75 Å². The maximum atomic E-state index is 10.9. The number of phenols is 1. The number of nitrogens with two attached hydrogens (primary N) is 1. The van der Waals surface area contributed by atoms with Crippen molar-refractivity contribution in [2.24, 2.45) is 5.14 Å². The molecule has 0 amide bonds. The van der Waals surface area contributed by atoms with Crippen LogP contribution in [0.1, 0.15) is 5.56 Å². The molecule has 5 heteroatoms. The minimum Gasteiger partial charge on any atom is -0.508 e. The summed E-state index contributed by atoms with van der Waals surface area (Å²) in [6.07, 6.45) is 0. The minimum atomic E-state index is -3.72. The first-order valence-electron chi connectivity index (χ1n) is 3.24. The van der Waals surface area contributed by atoms with Crippen molar-refractivity contribution in [3.8, 4) is 5.75 Å². The van der Waals surface area contributed by atoms with E-state index in [1.54, 1.807) is 0 Å². The standard InChI is InChI=1S/C7H9NO3S/c1-5-6(9)3-2-4-7(5)12(8,10)11/h2-4,9H,1H3,(H2,8,10,11). The monoisotopic (exact) mass is 187 g/mol. The van der Waals surface area contributed by atoms with E-state index < -0.39 is 10.0 Å². The molecule has 0 radical (unpaired) electrons. The number of phenolic OH excluding ortho intramolecular Hbond substituents is 1. The van der Waals surface area contributed by atoms with Gasteiger partial charge in [-0.15, -0.1) is 0 Å². The zero-order valence-corrected chi connectivity index (χ0v) is 7.30. The Labute approximate surface area is 70.7 Å². The van der Waals surface area contributed by atoms with Crippen LogP contribution in [0, 0.1) is 6.92 Å². The van der Waals surface area contributed by atoms with E-state index in [0.29, 0.717) is 0 Å². The predicted molar refractivity (Wildman–Crippen MR) is 44.2 cm³/mol. The number of aromatic hydroxyl groups is 1. The molecular weight excluding hydrogens is 178 g/mol. The highest BCUT2D eigenvalue weighted by molar-refractivity contribution is 7.89. The van der Waals surface area contributed by atoms with E-state index in [-0.39, 0.29) is 16.2 Å². The van der Waals surface area contributed by atoms with Gasteiger partial charge in [0.15, 0.2) is 0 Å². The lowest BCUT2D eigenvalue weighted by Gasteiger charge is -2.03. The summed E-state index contributed by atoms with van der Waals surface area (Å²) in [6.45, 7) is 1.50. The average Bonchev–Trinajstić information content (AvgIpc) is 1.92. The molecule has 0 saturated carbocycles. The zero-order valence-electron chi connectivity index (χ0n) is 6.48. The van der Waals surface area contributed by atoms with E-state index in [4.69, 9.17) is 10.2 Å². The minimum absolute atomic E-state index is 0.0394. The van der Waals surface area contributed by atoms with Crippen molar-refractivity contribution < 1.29 is 13.5 Å². The van der Waals surface area contributed by atoms with E-state index in [2.05, 4.69) is 0 Å². The molecule has 0 aliphatic rings. The lowest BCUT2D eigenvalue weighted by Crippen LogP contribution is -2.13. The molecule has 0 fully saturated rings. The van der Waals surface area contributed by atoms with E-state index >= 15 is 0 Å². The van der Waals surface area contributed by atoms with Crippen LogP contribution in [0.25, 0.3) is 0 Å². The number of sulfonamides is 1. The molecule has 12 heavy (non-hydrogen) atoms. The molecule has 4 nitrogen and oxygen atoms in total. The van der Waals surface area contributed by atoms with Crippen LogP contribution in [-0.4, -0.2) is 13.5 Å². The summed E-state index contributed by atoms with van der Waals surface area (Å²) in [5.74, 6) is -0.0680. The fraction of sp³-hybridized carbons (Fsp3) is 0.143. The largest absolute Gasteiger partial charge is 0.508 e. The summed E-state index contributed by atoms with van der Waals surface area (Å²) < 4.78 is 21.7. The van der Waals surface area contributed by atoms with Crippen molar-refractivity contribution in [2.45, 2.75) is 11.8 Å². The van der Waals surface area contributed by atoms with Crippen LogP contribution >= 0.6 is 0 Å². The fourth-order valence-electron chi connectivity index (χ4n) is 0.911. The molecule has 0 spiro atoms. The summed E-state index contributed by atoms with van der Waals surface area (Å²) in [7, 11) is -3.72. The third kappa shape index (κ3) is 1.57. The van der Waals surface area contributed by atoms with Gasteiger partial charge in [-0.3, -0.25) is 0 Å². The van der Waals surface area contributed by atoms with Crippen molar-refractivity contribution in [3.63, 3.8) is 0 Å². The molecule has 0 aliphatic heterocycles. The zero-order chi connectivity index (χ0) is 9.35. The molecule has 0 atom stereocenters. The van der Waals surface area contributed by atoms with Crippen molar-refractivity contribution in [1.82, 2.24) is 0 Å². The second kappa shape index (κ2) is 2.76. The highest BCUT2D eigenvalue weighted by atomic mass is 32.2. The Balaban J connectivity index is 3.47. The number of hydrogen-bond acceptors (Lipinski definition) is 3. The molecule has 0 aliphatic carbocycles. The van der Waals surface area contributed by atoms with Gasteiger partial charge in [0.25, 0.3) is 0 Å². The van der Waals surface area contributed by atoms with Gasteiger partial charge in [-0.2, -0.15) is 0 Å². The Morgan fingerprint density at radius 1 is 1.42 bits per heavy atom.